The van der Waals surface area contributed by atoms with Crippen molar-refractivity contribution in [1.82, 2.24) is 15.5 Å². The van der Waals surface area contributed by atoms with E-state index in [1.54, 1.807) is 13.3 Å². The largest absolute Gasteiger partial charge is 0.494 e. The standard InChI is InChI=1S/C21H30N4O2/c1-22-21(23-12-8-16-26-18-9-3-2-4-10-18)24-17-19(20-11-7-15-27-20)25-13-5-6-14-25/h2-4,7,9-11,15,19H,5-6,8,12-14,16-17H2,1H3,(H2,22,23,24). The Morgan fingerprint density at radius 2 is 1.96 bits per heavy atom. The lowest BCUT2D eigenvalue weighted by molar-refractivity contribution is 0.215. The number of hydrogen-bond donors (Lipinski definition) is 2. The van der Waals surface area contributed by atoms with Gasteiger partial charge in [-0.1, -0.05) is 18.2 Å². The number of hydrogen-bond acceptors (Lipinski definition) is 4. The Bertz CT molecular complexity index is 667. The van der Waals surface area contributed by atoms with Crippen LogP contribution in [-0.2, 0) is 0 Å². The van der Waals surface area contributed by atoms with Gasteiger partial charge in [0, 0.05) is 20.1 Å². The van der Waals surface area contributed by atoms with E-state index in [0.29, 0.717) is 6.61 Å². The van der Waals surface area contributed by atoms with Crippen LogP contribution in [0.5, 0.6) is 5.75 Å². The molecule has 6 nitrogen and oxygen atoms in total. The van der Waals surface area contributed by atoms with Gasteiger partial charge in [-0.05, 0) is 56.6 Å². The van der Waals surface area contributed by atoms with Gasteiger partial charge in [-0.15, -0.1) is 0 Å². The van der Waals surface area contributed by atoms with E-state index in [-0.39, 0.29) is 6.04 Å². The van der Waals surface area contributed by atoms with Gasteiger partial charge < -0.3 is 19.8 Å². The number of benzene rings is 1. The van der Waals surface area contributed by atoms with E-state index in [2.05, 4.69) is 26.6 Å². The molecule has 6 heteroatoms. The number of rotatable bonds is 9. The lowest BCUT2D eigenvalue weighted by atomic mass is 10.2. The summed E-state index contributed by atoms with van der Waals surface area (Å²) in [7, 11) is 1.80. The molecule has 0 amide bonds. The molecule has 1 aliphatic heterocycles. The molecule has 0 radical (unpaired) electrons. The molecule has 0 bridgehead atoms. The summed E-state index contributed by atoms with van der Waals surface area (Å²) in [5.41, 5.74) is 0. The number of para-hydroxylation sites is 1. The molecule has 3 rings (SSSR count). The highest BCUT2D eigenvalue weighted by Gasteiger charge is 2.25. The summed E-state index contributed by atoms with van der Waals surface area (Å²) in [4.78, 5) is 6.81. The second kappa shape index (κ2) is 10.6. The predicted molar refractivity (Wildman–Crippen MR) is 108 cm³/mol. The van der Waals surface area contributed by atoms with Gasteiger partial charge in [0.1, 0.15) is 11.5 Å². The Morgan fingerprint density at radius 1 is 1.15 bits per heavy atom. The Balaban J connectivity index is 1.39. The van der Waals surface area contributed by atoms with Crippen molar-refractivity contribution in [1.29, 1.82) is 0 Å². The average molecular weight is 370 g/mol. The van der Waals surface area contributed by atoms with Gasteiger partial charge in [-0.3, -0.25) is 9.89 Å². The second-order valence-corrected chi connectivity index (χ2v) is 6.67. The number of furan rings is 1. The van der Waals surface area contributed by atoms with Crippen LogP contribution in [0.2, 0.25) is 0 Å². The minimum atomic E-state index is 0.238. The van der Waals surface area contributed by atoms with Crippen LogP contribution in [0, 0.1) is 0 Å². The molecule has 27 heavy (non-hydrogen) atoms. The molecule has 1 saturated heterocycles. The fourth-order valence-electron chi connectivity index (χ4n) is 3.34. The smallest absolute Gasteiger partial charge is 0.191 e. The Hall–Kier alpha value is -2.47. The molecule has 0 saturated carbocycles. The van der Waals surface area contributed by atoms with Crippen LogP contribution < -0.4 is 15.4 Å². The molecule has 146 valence electrons. The highest BCUT2D eigenvalue weighted by atomic mass is 16.5. The van der Waals surface area contributed by atoms with Crippen LogP contribution in [0.3, 0.4) is 0 Å². The third-order valence-electron chi connectivity index (χ3n) is 4.76. The molecule has 1 aliphatic rings. The summed E-state index contributed by atoms with van der Waals surface area (Å²) >= 11 is 0. The normalized spacial score (nSPS) is 16.3. The minimum absolute atomic E-state index is 0.238. The monoisotopic (exact) mass is 370 g/mol. The maximum Gasteiger partial charge on any atom is 0.191 e. The summed E-state index contributed by atoms with van der Waals surface area (Å²) in [5.74, 6) is 2.73. The van der Waals surface area contributed by atoms with E-state index in [1.165, 1.54) is 12.8 Å². The molecule has 2 heterocycles. The molecule has 1 atom stereocenters. The van der Waals surface area contributed by atoms with Crippen LogP contribution in [-0.4, -0.2) is 50.7 Å². The van der Waals surface area contributed by atoms with Gasteiger partial charge in [0.15, 0.2) is 5.96 Å². The average Bonchev–Trinajstić information content (AvgIpc) is 3.42. The maximum absolute atomic E-state index is 5.72. The van der Waals surface area contributed by atoms with Crippen molar-refractivity contribution in [2.24, 2.45) is 4.99 Å². The molecule has 2 aromatic rings. The predicted octanol–water partition coefficient (Wildman–Crippen LogP) is 3.05. The fourth-order valence-corrected chi connectivity index (χ4v) is 3.34. The first-order valence-corrected chi connectivity index (χ1v) is 9.76. The Kier molecular flexibility index (Phi) is 7.59. The summed E-state index contributed by atoms with van der Waals surface area (Å²) in [6.45, 7) is 4.50. The summed E-state index contributed by atoms with van der Waals surface area (Å²) in [6, 6.07) is 14.1. The molecule has 0 aliphatic carbocycles. The molecule has 0 spiro atoms. The van der Waals surface area contributed by atoms with E-state index >= 15 is 0 Å². The number of aliphatic imine (C=N–C) groups is 1. The van der Waals surface area contributed by atoms with Crippen LogP contribution in [0.4, 0.5) is 0 Å². The minimum Gasteiger partial charge on any atom is -0.494 e. The molecule has 2 N–H and O–H groups in total. The van der Waals surface area contributed by atoms with Gasteiger partial charge in [0.05, 0.1) is 18.9 Å². The van der Waals surface area contributed by atoms with Gasteiger partial charge in [0.2, 0.25) is 0 Å². The summed E-state index contributed by atoms with van der Waals surface area (Å²) in [6.07, 6.45) is 5.17. The molecule has 1 fully saturated rings. The van der Waals surface area contributed by atoms with Crippen molar-refractivity contribution < 1.29 is 9.15 Å². The first kappa shape index (κ1) is 19.3. The Morgan fingerprint density at radius 3 is 2.67 bits per heavy atom. The molecular formula is C21H30N4O2. The van der Waals surface area contributed by atoms with Crippen molar-refractivity contribution in [3.63, 3.8) is 0 Å². The van der Waals surface area contributed by atoms with Gasteiger partial charge in [-0.25, -0.2) is 0 Å². The van der Waals surface area contributed by atoms with Crippen molar-refractivity contribution in [2.45, 2.75) is 25.3 Å². The molecule has 1 unspecified atom stereocenters. The van der Waals surface area contributed by atoms with E-state index in [9.17, 15) is 0 Å². The van der Waals surface area contributed by atoms with E-state index in [4.69, 9.17) is 9.15 Å². The molecular weight excluding hydrogens is 340 g/mol. The Labute approximate surface area is 161 Å². The highest BCUT2D eigenvalue weighted by Crippen LogP contribution is 2.24. The third-order valence-corrected chi connectivity index (χ3v) is 4.76. The highest BCUT2D eigenvalue weighted by molar-refractivity contribution is 5.79. The number of nitrogens with zero attached hydrogens (tertiary/aromatic N) is 2. The van der Waals surface area contributed by atoms with Gasteiger partial charge >= 0.3 is 0 Å². The van der Waals surface area contributed by atoms with E-state index in [0.717, 1.165) is 50.1 Å². The van der Waals surface area contributed by atoms with Crippen molar-refractivity contribution in [3.8, 4) is 5.75 Å². The van der Waals surface area contributed by atoms with Crippen molar-refractivity contribution in [2.75, 3.05) is 39.8 Å². The van der Waals surface area contributed by atoms with Crippen molar-refractivity contribution in [3.05, 3.63) is 54.5 Å². The van der Waals surface area contributed by atoms with Crippen LogP contribution in [0.1, 0.15) is 31.1 Å². The summed E-state index contributed by atoms with van der Waals surface area (Å²) < 4.78 is 11.4. The zero-order chi connectivity index (χ0) is 18.7. The summed E-state index contributed by atoms with van der Waals surface area (Å²) in [5, 5.41) is 6.80. The van der Waals surface area contributed by atoms with Crippen molar-refractivity contribution >= 4 is 5.96 Å². The topological polar surface area (TPSA) is 62.0 Å². The van der Waals surface area contributed by atoms with Crippen LogP contribution in [0.25, 0.3) is 0 Å². The van der Waals surface area contributed by atoms with Gasteiger partial charge in [-0.2, -0.15) is 0 Å². The van der Waals surface area contributed by atoms with E-state index in [1.807, 2.05) is 36.4 Å². The zero-order valence-corrected chi connectivity index (χ0v) is 16.1. The number of guanidine groups is 1. The maximum atomic E-state index is 5.72. The van der Waals surface area contributed by atoms with E-state index < -0.39 is 0 Å². The fraction of sp³-hybridized carbons (Fsp3) is 0.476. The number of ether oxygens (including phenoxy) is 1. The number of nitrogens with one attached hydrogen (secondary N) is 2. The zero-order valence-electron chi connectivity index (χ0n) is 16.1. The lowest BCUT2D eigenvalue weighted by Gasteiger charge is -2.26. The molecule has 1 aromatic carbocycles. The van der Waals surface area contributed by atoms with Gasteiger partial charge in [0.25, 0.3) is 0 Å². The number of likely N-dealkylation sites (tertiary alicyclic amines) is 1. The SMILES string of the molecule is CN=C(NCCCOc1ccccc1)NCC(c1ccco1)N1CCCC1. The lowest BCUT2D eigenvalue weighted by Crippen LogP contribution is -2.43. The second-order valence-electron chi connectivity index (χ2n) is 6.67. The third kappa shape index (κ3) is 6.03. The first-order chi connectivity index (χ1) is 13.4. The quantitative estimate of drug-likeness (QED) is 0.404. The first-order valence-electron chi connectivity index (χ1n) is 9.76. The molecule has 1 aromatic heterocycles. The van der Waals surface area contributed by atoms with Crippen LogP contribution >= 0.6 is 0 Å². The van der Waals surface area contributed by atoms with Crippen LogP contribution in [0.15, 0.2) is 58.1 Å².